The van der Waals surface area contributed by atoms with Crippen LogP contribution in [0.25, 0.3) is 0 Å². The first-order valence-electron chi connectivity index (χ1n) is 6.22. The number of unbranched alkanes of at least 4 members (excludes halogenated alkanes) is 1. The molecular formula is C15H23NO. The highest BCUT2D eigenvalue weighted by atomic mass is 16.5. The Labute approximate surface area is 105 Å². The van der Waals surface area contributed by atoms with Gasteiger partial charge in [-0.25, -0.2) is 0 Å². The first-order chi connectivity index (χ1) is 8.19. The van der Waals surface area contributed by atoms with Gasteiger partial charge in [0.15, 0.2) is 0 Å². The molecule has 0 bridgehead atoms. The molecule has 94 valence electrons. The molecule has 0 spiro atoms. The monoisotopic (exact) mass is 233 g/mol. The van der Waals surface area contributed by atoms with Crippen molar-refractivity contribution in [1.82, 2.24) is 0 Å². The topological polar surface area (TPSA) is 12.5 Å². The van der Waals surface area contributed by atoms with Crippen LogP contribution in [0.5, 0.6) is 0 Å². The van der Waals surface area contributed by atoms with Crippen LogP contribution in [0.4, 0.5) is 5.69 Å². The molecule has 1 atom stereocenters. The van der Waals surface area contributed by atoms with Crippen molar-refractivity contribution < 1.29 is 4.74 Å². The molecule has 1 aromatic rings. The second-order valence-electron chi connectivity index (χ2n) is 4.42. The average Bonchev–Trinajstić information content (AvgIpc) is 2.34. The van der Waals surface area contributed by atoms with Crippen LogP contribution in [0.3, 0.4) is 0 Å². The van der Waals surface area contributed by atoms with Crippen molar-refractivity contribution in [2.75, 3.05) is 19.0 Å². The SMILES string of the molecule is C=CO[C@@H](CCCC)c1ccc(N(C)C)cc1. The van der Waals surface area contributed by atoms with E-state index in [1.807, 2.05) is 14.1 Å². The van der Waals surface area contributed by atoms with Crippen LogP contribution < -0.4 is 4.90 Å². The smallest absolute Gasteiger partial charge is 0.123 e. The van der Waals surface area contributed by atoms with Gasteiger partial charge in [-0.1, -0.05) is 32.1 Å². The summed E-state index contributed by atoms with van der Waals surface area (Å²) in [5, 5.41) is 0. The molecule has 0 aliphatic heterocycles. The second-order valence-corrected chi connectivity index (χ2v) is 4.42. The van der Waals surface area contributed by atoms with E-state index in [0.717, 1.165) is 6.42 Å². The number of hydrogen-bond acceptors (Lipinski definition) is 2. The lowest BCUT2D eigenvalue weighted by Gasteiger charge is -2.18. The predicted molar refractivity (Wildman–Crippen MR) is 74.3 cm³/mol. The first kappa shape index (κ1) is 13.6. The molecule has 0 heterocycles. The van der Waals surface area contributed by atoms with Crippen LogP contribution in [0.1, 0.15) is 37.9 Å². The zero-order valence-electron chi connectivity index (χ0n) is 11.1. The van der Waals surface area contributed by atoms with Gasteiger partial charge >= 0.3 is 0 Å². The van der Waals surface area contributed by atoms with Gasteiger partial charge in [0.25, 0.3) is 0 Å². The van der Waals surface area contributed by atoms with E-state index in [0.29, 0.717) is 0 Å². The van der Waals surface area contributed by atoms with Crippen molar-refractivity contribution in [2.24, 2.45) is 0 Å². The molecule has 0 aliphatic carbocycles. The number of rotatable bonds is 7. The Morgan fingerprint density at radius 3 is 2.41 bits per heavy atom. The highest BCUT2D eigenvalue weighted by molar-refractivity contribution is 5.46. The standard InChI is InChI=1S/C15H23NO/c1-5-7-8-15(17-6-2)13-9-11-14(12-10-13)16(3)4/h6,9-12,15H,2,5,7-8H2,1,3-4H3/t15-/m0/s1. The maximum absolute atomic E-state index is 5.58. The van der Waals surface area contributed by atoms with Gasteiger partial charge in [-0.05, 0) is 30.5 Å². The van der Waals surface area contributed by atoms with Gasteiger partial charge in [-0.15, -0.1) is 0 Å². The fourth-order valence-electron chi connectivity index (χ4n) is 1.81. The van der Waals surface area contributed by atoms with Crippen LogP contribution >= 0.6 is 0 Å². The second kappa shape index (κ2) is 7.00. The number of benzene rings is 1. The van der Waals surface area contributed by atoms with Gasteiger partial charge in [0.2, 0.25) is 0 Å². The molecule has 2 nitrogen and oxygen atoms in total. The van der Waals surface area contributed by atoms with E-state index in [-0.39, 0.29) is 6.10 Å². The fourth-order valence-corrected chi connectivity index (χ4v) is 1.81. The Hall–Kier alpha value is -1.44. The highest BCUT2D eigenvalue weighted by Gasteiger charge is 2.10. The Kier molecular flexibility index (Phi) is 5.61. The Morgan fingerprint density at radius 2 is 1.94 bits per heavy atom. The summed E-state index contributed by atoms with van der Waals surface area (Å²) in [6.45, 7) is 5.84. The van der Waals surface area contributed by atoms with E-state index in [2.05, 4.69) is 42.7 Å². The highest BCUT2D eigenvalue weighted by Crippen LogP contribution is 2.25. The van der Waals surface area contributed by atoms with E-state index in [4.69, 9.17) is 4.74 Å². The molecule has 0 aromatic heterocycles. The van der Waals surface area contributed by atoms with Gasteiger partial charge in [0.05, 0.1) is 6.26 Å². The minimum absolute atomic E-state index is 0.142. The van der Waals surface area contributed by atoms with Crippen molar-refractivity contribution in [3.8, 4) is 0 Å². The number of ether oxygens (including phenoxy) is 1. The largest absolute Gasteiger partial charge is 0.494 e. The van der Waals surface area contributed by atoms with Crippen LogP contribution in [-0.2, 0) is 4.74 Å². The zero-order chi connectivity index (χ0) is 12.7. The van der Waals surface area contributed by atoms with E-state index < -0.39 is 0 Å². The maximum Gasteiger partial charge on any atom is 0.123 e. The van der Waals surface area contributed by atoms with Crippen LogP contribution in [0, 0.1) is 0 Å². The molecule has 0 fully saturated rings. The number of anilines is 1. The van der Waals surface area contributed by atoms with Crippen LogP contribution in [0.2, 0.25) is 0 Å². The number of nitrogens with zero attached hydrogens (tertiary/aromatic N) is 1. The van der Waals surface area contributed by atoms with Gasteiger partial charge in [-0.2, -0.15) is 0 Å². The molecule has 17 heavy (non-hydrogen) atoms. The molecule has 0 saturated carbocycles. The molecule has 0 saturated heterocycles. The van der Waals surface area contributed by atoms with Crippen molar-refractivity contribution in [3.63, 3.8) is 0 Å². The zero-order valence-corrected chi connectivity index (χ0v) is 11.1. The van der Waals surface area contributed by atoms with Crippen molar-refractivity contribution in [3.05, 3.63) is 42.7 Å². The summed E-state index contributed by atoms with van der Waals surface area (Å²) >= 11 is 0. The van der Waals surface area contributed by atoms with Crippen LogP contribution in [-0.4, -0.2) is 14.1 Å². The normalized spacial score (nSPS) is 11.9. The minimum Gasteiger partial charge on any atom is -0.494 e. The predicted octanol–water partition coefficient (Wildman–Crippen LogP) is 4.14. The summed E-state index contributed by atoms with van der Waals surface area (Å²) in [4.78, 5) is 2.10. The van der Waals surface area contributed by atoms with Crippen molar-refractivity contribution in [2.45, 2.75) is 32.3 Å². The summed E-state index contributed by atoms with van der Waals surface area (Å²) in [7, 11) is 4.09. The third-order valence-corrected chi connectivity index (χ3v) is 2.86. The molecule has 2 heteroatoms. The van der Waals surface area contributed by atoms with Gasteiger partial charge in [-0.3, -0.25) is 0 Å². The first-order valence-corrected chi connectivity index (χ1v) is 6.22. The summed E-state index contributed by atoms with van der Waals surface area (Å²) in [5.41, 5.74) is 2.44. The Bertz CT molecular complexity index is 329. The maximum atomic E-state index is 5.58. The molecule has 0 amide bonds. The lowest BCUT2D eigenvalue weighted by molar-refractivity contribution is 0.135. The van der Waals surface area contributed by atoms with Gasteiger partial charge < -0.3 is 9.64 Å². The number of hydrogen-bond donors (Lipinski definition) is 0. The van der Waals surface area contributed by atoms with Crippen molar-refractivity contribution >= 4 is 5.69 Å². The van der Waals surface area contributed by atoms with E-state index >= 15 is 0 Å². The van der Waals surface area contributed by atoms with Crippen LogP contribution in [0.15, 0.2) is 37.1 Å². The lowest BCUT2D eigenvalue weighted by Crippen LogP contribution is -2.08. The molecule has 0 aliphatic rings. The lowest BCUT2D eigenvalue weighted by atomic mass is 10.0. The third kappa shape index (κ3) is 4.14. The summed E-state index contributed by atoms with van der Waals surface area (Å²) < 4.78 is 5.58. The summed E-state index contributed by atoms with van der Waals surface area (Å²) in [6, 6.07) is 8.53. The summed E-state index contributed by atoms with van der Waals surface area (Å²) in [6.07, 6.45) is 5.09. The Morgan fingerprint density at radius 1 is 1.29 bits per heavy atom. The molecular weight excluding hydrogens is 210 g/mol. The Balaban J connectivity index is 2.75. The molecule has 0 N–H and O–H groups in total. The van der Waals surface area contributed by atoms with Gasteiger partial charge in [0, 0.05) is 19.8 Å². The molecule has 1 aromatic carbocycles. The quantitative estimate of drug-likeness (QED) is 0.656. The molecule has 0 unspecified atom stereocenters. The molecule has 1 rings (SSSR count). The van der Waals surface area contributed by atoms with Gasteiger partial charge in [0.1, 0.15) is 6.10 Å². The minimum atomic E-state index is 0.142. The average molecular weight is 233 g/mol. The van der Waals surface area contributed by atoms with Crippen molar-refractivity contribution in [1.29, 1.82) is 0 Å². The summed E-state index contributed by atoms with van der Waals surface area (Å²) in [5.74, 6) is 0. The van der Waals surface area contributed by atoms with E-state index in [1.54, 1.807) is 6.26 Å². The van der Waals surface area contributed by atoms with E-state index in [9.17, 15) is 0 Å². The third-order valence-electron chi connectivity index (χ3n) is 2.86. The van der Waals surface area contributed by atoms with E-state index in [1.165, 1.54) is 24.1 Å². The fraction of sp³-hybridized carbons (Fsp3) is 0.467. The molecule has 0 radical (unpaired) electrons.